The molecule has 1 aliphatic heterocycles. The molecule has 1 aromatic heterocycles. The van der Waals surface area contributed by atoms with E-state index >= 15 is 0 Å². The van der Waals surface area contributed by atoms with Gasteiger partial charge in [-0.05, 0) is 81.0 Å². The van der Waals surface area contributed by atoms with E-state index in [1.807, 2.05) is 70.2 Å². The van der Waals surface area contributed by atoms with E-state index < -0.39 is 5.60 Å². The van der Waals surface area contributed by atoms with E-state index in [9.17, 15) is 9.59 Å². The third-order valence-corrected chi connectivity index (χ3v) is 7.53. The highest BCUT2D eigenvalue weighted by Crippen LogP contribution is 2.32. The first-order chi connectivity index (χ1) is 21.5. The zero-order valence-corrected chi connectivity index (χ0v) is 26.7. The number of likely N-dealkylation sites (tertiary alicyclic amines) is 1. The topological polar surface area (TPSA) is 116 Å². The van der Waals surface area contributed by atoms with Crippen molar-refractivity contribution >= 4 is 17.7 Å². The number of carbonyl (C=O) groups is 2. The molecule has 1 saturated heterocycles. The lowest BCUT2D eigenvalue weighted by atomic mass is 9.97. The van der Waals surface area contributed by atoms with Crippen molar-refractivity contribution in [3.8, 4) is 34.0 Å². The summed E-state index contributed by atoms with van der Waals surface area (Å²) in [6, 6.07) is 19.2. The summed E-state index contributed by atoms with van der Waals surface area (Å²) < 4.78 is 22.3. The Morgan fingerprint density at radius 3 is 2.42 bits per heavy atom. The van der Waals surface area contributed by atoms with Crippen LogP contribution in [0.5, 0.6) is 11.5 Å². The van der Waals surface area contributed by atoms with Gasteiger partial charge in [0, 0.05) is 30.8 Å². The molecule has 45 heavy (non-hydrogen) atoms. The molecule has 1 aliphatic rings. The number of methoxy groups -OCH3 is 1. The van der Waals surface area contributed by atoms with Gasteiger partial charge in [0.25, 0.3) is 0 Å². The van der Waals surface area contributed by atoms with Crippen LogP contribution in [0, 0.1) is 13.8 Å². The Balaban J connectivity index is 1.19. The van der Waals surface area contributed by atoms with E-state index in [4.69, 9.17) is 18.7 Å². The highest BCUT2D eigenvalue weighted by atomic mass is 16.6. The van der Waals surface area contributed by atoms with E-state index in [1.165, 1.54) is 0 Å². The predicted molar refractivity (Wildman–Crippen MR) is 171 cm³/mol. The van der Waals surface area contributed by atoms with Crippen molar-refractivity contribution in [3.05, 3.63) is 77.7 Å². The molecule has 10 nitrogen and oxygen atoms in total. The van der Waals surface area contributed by atoms with Gasteiger partial charge in [-0.2, -0.15) is 4.98 Å². The van der Waals surface area contributed by atoms with Gasteiger partial charge in [-0.1, -0.05) is 41.6 Å². The minimum absolute atomic E-state index is 0.109. The maximum Gasteiger partial charge on any atom is 0.410 e. The van der Waals surface area contributed by atoms with Crippen molar-refractivity contribution < 1.29 is 28.3 Å². The fourth-order valence-electron chi connectivity index (χ4n) is 5.36. The lowest BCUT2D eigenvalue weighted by molar-refractivity contribution is -0.115. The van der Waals surface area contributed by atoms with Gasteiger partial charge in [0.05, 0.1) is 19.6 Å². The fraction of sp³-hybridized carbons (Fsp3) is 0.371. The van der Waals surface area contributed by atoms with Crippen molar-refractivity contribution in [1.82, 2.24) is 15.0 Å². The normalized spacial score (nSPS) is 14.7. The Bertz CT molecular complexity index is 1660. The van der Waals surface area contributed by atoms with E-state index in [1.54, 1.807) is 37.1 Å². The molecule has 0 aliphatic carbocycles. The van der Waals surface area contributed by atoms with Gasteiger partial charge in [0.1, 0.15) is 12.2 Å². The molecule has 1 N–H and O–H groups in total. The van der Waals surface area contributed by atoms with Crippen LogP contribution in [-0.4, -0.2) is 58.9 Å². The average Bonchev–Trinajstić information content (AvgIpc) is 3.65. The number of amides is 2. The highest BCUT2D eigenvalue weighted by molar-refractivity contribution is 5.92. The highest BCUT2D eigenvalue weighted by Gasteiger charge is 2.32. The molecule has 0 unspecified atom stereocenters. The third-order valence-electron chi connectivity index (χ3n) is 7.53. The molecule has 0 radical (unpaired) electrons. The number of benzene rings is 3. The summed E-state index contributed by atoms with van der Waals surface area (Å²) in [5, 5.41) is 6.96. The molecule has 5 rings (SSSR count). The maximum absolute atomic E-state index is 13.0. The minimum Gasteiger partial charge on any atom is -0.493 e. The zero-order valence-electron chi connectivity index (χ0n) is 26.7. The van der Waals surface area contributed by atoms with Crippen molar-refractivity contribution in [2.45, 2.75) is 65.5 Å². The summed E-state index contributed by atoms with van der Waals surface area (Å²) in [5.74, 6) is 1.98. The van der Waals surface area contributed by atoms with Gasteiger partial charge < -0.3 is 29.0 Å². The molecule has 2 heterocycles. The lowest BCUT2D eigenvalue weighted by Crippen LogP contribution is -2.42. The molecular formula is C35H40N4O6. The predicted octanol–water partition coefficient (Wildman–Crippen LogP) is 6.99. The Morgan fingerprint density at radius 1 is 1.00 bits per heavy atom. The Hall–Kier alpha value is -4.86. The fourth-order valence-corrected chi connectivity index (χ4v) is 5.36. The second kappa shape index (κ2) is 13.4. The van der Waals surface area contributed by atoms with Crippen LogP contribution in [0.15, 0.2) is 65.2 Å². The number of ether oxygens (including phenoxy) is 3. The van der Waals surface area contributed by atoms with Crippen LogP contribution < -0.4 is 14.8 Å². The molecule has 1 fully saturated rings. The smallest absolute Gasteiger partial charge is 0.410 e. The number of nitrogens with one attached hydrogen (secondary N) is 1. The zero-order chi connectivity index (χ0) is 32.1. The molecule has 4 aromatic rings. The standard InChI is InChI=1S/C35H40N4O6/c1-22-18-26(33-36-23(2)45-38-33)13-15-29(22)25-11-9-24(10-12-25)19-32(40)37-27-14-16-30(42-6)31(20-27)43-21-28-8-7-17-39(28)34(41)44-35(3,4)5/h9-16,18,20,28H,7-8,17,19,21H2,1-6H3,(H,37,40)/t28-/m1/s1. The van der Waals surface area contributed by atoms with Crippen LogP contribution in [0.3, 0.4) is 0 Å². The third kappa shape index (κ3) is 8.00. The number of rotatable bonds is 9. The van der Waals surface area contributed by atoms with Gasteiger partial charge in [-0.25, -0.2) is 4.79 Å². The summed E-state index contributed by atoms with van der Waals surface area (Å²) in [5.41, 5.74) is 5.05. The number of aryl methyl sites for hydroxylation is 2. The Morgan fingerprint density at radius 2 is 1.76 bits per heavy atom. The van der Waals surface area contributed by atoms with Gasteiger partial charge in [0.2, 0.25) is 17.6 Å². The van der Waals surface area contributed by atoms with Crippen molar-refractivity contribution in [2.24, 2.45) is 0 Å². The number of anilines is 1. The molecular weight excluding hydrogens is 572 g/mol. The minimum atomic E-state index is -0.564. The number of hydrogen-bond acceptors (Lipinski definition) is 8. The molecule has 0 bridgehead atoms. The first-order valence-electron chi connectivity index (χ1n) is 15.1. The van der Waals surface area contributed by atoms with Crippen LogP contribution in [0.25, 0.3) is 22.5 Å². The number of nitrogens with zero attached hydrogens (tertiary/aromatic N) is 3. The van der Waals surface area contributed by atoms with Crippen LogP contribution >= 0.6 is 0 Å². The van der Waals surface area contributed by atoms with Crippen molar-refractivity contribution in [2.75, 3.05) is 25.6 Å². The van der Waals surface area contributed by atoms with Crippen LogP contribution in [0.1, 0.15) is 50.6 Å². The van der Waals surface area contributed by atoms with Crippen LogP contribution in [0.2, 0.25) is 0 Å². The quantitative estimate of drug-likeness (QED) is 0.215. The number of carbonyl (C=O) groups excluding carboxylic acids is 2. The second-order valence-corrected chi connectivity index (χ2v) is 12.2. The molecule has 1 atom stereocenters. The summed E-state index contributed by atoms with van der Waals surface area (Å²) in [4.78, 5) is 31.7. The molecule has 236 valence electrons. The van der Waals surface area contributed by atoms with E-state index in [2.05, 4.69) is 15.5 Å². The van der Waals surface area contributed by atoms with Gasteiger partial charge in [-0.15, -0.1) is 0 Å². The summed E-state index contributed by atoms with van der Waals surface area (Å²) in [6.07, 6.45) is 1.58. The monoisotopic (exact) mass is 612 g/mol. The molecule has 0 spiro atoms. The Kier molecular flexibility index (Phi) is 9.41. The summed E-state index contributed by atoms with van der Waals surface area (Å²) >= 11 is 0. The van der Waals surface area contributed by atoms with Gasteiger partial charge >= 0.3 is 6.09 Å². The summed E-state index contributed by atoms with van der Waals surface area (Å²) in [6.45, 7) is 10.3. The van der Waals surface area contributed by atoms with E-state index in [0.29, 0.717) is 42.1 Å². The number of aromatic nitrogens is 2. The summed E-state index contributed by atoms with van der Waals surface area (Å²) in [7, 11) is 1.57. The maximum atomic E-state index is 13.0. The van der Waals surface area contributed by atoms with Gasteiger partial charge in [-0.3, -0.25) is 4.79 Å². The SMILES string of the molecule is COc1ccc(NC(=O)Cc2ccc(-c3ccc(-c4noc(C)n4)cc3C)cc2)cc1OC[C@H]1CCCN1C(=O)OC(C)(C)C. The molecule has 10 heteroatoms. The molecule has 0 saturated carbocycles. The molecule has 3 aromatic carbocycles. The van der Waals surface area contributed by atoms with E-state index in [0.717, 1.165) is 40.7 Å². The average molecular weight is 613 g/mol. The first kappa shape index (κ1) is 31.6. The van der Waals surface area contributed by atoms with E-state index in [-0.39, 0.29) is 24.5 Å². The molecule has 2 amide bonds. The van der Waals surface area contributed by atoms with Crippen LogP contribution in [-0.2, 0) is 16.0 Å². The Labute approximate surface area is 263 Å². The lowest BCUT2D eigenvalue weighted by Gasteiger charge is -2.28. The van der Waals surface area contributed by atoms with Crippen molar-refractivity contribution in [1.29, 1.82) is 0 Å². The second-order valence-electron chi connectivity index (χ2n) is 12.2. The van der Waals surface area contributed by atoms with Crippen LogP contribution in [0.4, 0.5) is 10.5 Å². The van der Waals surface area contributed by atoms with Crippen molar-refractivity contribution in [3.63, 3.8) is 0 Å². The van der Waals surface area contributed by atoms with Gasteiger partial charge in [0.15, 0.2) is 11.5 Å². The largest absolute Gasteiger partial charge is 0.493 e. The number of hydrogen-bond donors (Lipinski definition) is 1. The first-order valence-corrected chi connectivity index (χ1v) is 15.1.